The molecule has 0 atom stereocenters. The molecule has 0 saturated carbocycles. The van der Waals surface area contributed by atoms with E-state index in [9.17, 15) is 9.18 Å². The first kappa shape index (κ1) is 28.1. The number of carbonyl (C=O) groups excluding carboxylic acids is 1. The molecule has 0 aliphatic heterocycles. The lowest BCUT2D eigenvalue weighted by atomic mass is 10.0. The molecule has 0 unspecified atom stereocenters. The van der Waals surface area contributed by atoms with Gasteiger partial charge in [0, 0.05) is 12.4 Å². The summed E-state index contributed by atoms with van der Waals surface area (Å²) in [7, 11) is 0.154. The topological polar surface area (TPSA) is 53.4 Å². The van der Waals surface area contributed by atoms with Crippen molar-refractivity contribution in [1.29, 1.82) is 0 Å². The first-order chi connectivity index (χ1) is 19.6. The van der Waals surface area contributed by atoms with Crippen LogP contribution in [0.5, 0.6) is 5.75 Å². The molecular weight excluding hydrogens is 531 g/mol. The number of halogens is 1. The van der Waals surface area contributed by atoms with Crippen molar-refractivity contribution < 1.29 is 18.3 Å². The summed E-state index contributed by atoms with van der Waals surface area (Å²) < 4.78 is 28.2. The van der Waals surface area contributed by atoms with Crippen LogP contribution in [0.25, 0.3) is 22.9 Å². The lowest BCUT2D eigenvalue weighted by molar-refractivity contribution is 0.0593. The van der Waals surface area contributed by atoms with Crippen molar-refractivity contribution in [3.63, 3.8) is 0 Å². The Labute approximate surface area is 241 Å². The average molecular weight is 565 g/mol. The van der Waals surface area contributed by atoms with Crippen molar-refractivity contribution in [2.75, 3.05) is 7.11 Å². The van der Waals surface area contributed by atoms with Crippen LogP contribution in [0.1, 0.15) is 42.5 Å². The van der Waals surface area contributed by atoms with E-state index < -0.39 is 14.3 Å². The second-order valence-electron chi connectivity index (χ2n) is 11.1. The van der Waals surface area contributed by atoms with Crippen molar-refractivity contribution in [2.45, 2.75) is 25.8 Å². The first-order valence-corrected chi connectivity index (χ1v) is 15.4. The summed E-state index contributed by atoms with van der Waals surface area (Å²) in [5.74, 6) is -0.122. The Morgan fingerprint density at radius 2 is 1.51 bits per heavy atom. The molecule has 0 amide bonds. The van der Waals surface area contributed by atoms with Crippen LogP contribution < -0.4 is 14.8 Å². The highest BCUT2D eigenvalue weighted by Crippen LogP contribution is 2.40. The quantitative estimate of drug-likeness (QED) is 0.165. The van der Waals surface area contributed by atoms with Gasteiger partial charge in [-0.1, -0.05) is 87.5 Å². The first-order valence-electron chi connectivity index (χ1n) is 13.5. The van der Waals surface area contributed by atoms with Gasteiger partial charge < -0.3 is 9.16 Å². The van der Waals surface area contributed by atoms with E-state index in [0.717, 1.165) is 32.4 Å². The SMILES string of the molecule is COC(=O)c1cc(C=Cc2cc(O[Si](c3ccccc3)(c3ccccc3)C(C)(C)C)c3ccc(F)cc3c2)n(C)n1. The molecule has 0 fully saturated rings. The number of hydrogen-bond acceptors (Lipinski definition) is 4. The Morgan fingerprint density at radius 3 is 2.10 bits per heavy atom. The zero-order valence-electron chi connectivity index (χ0n) is 23.9. The number of aromatic nitrogens is 2. The fraction of sp³-hybridized carbons (Fsp3) is 0.176. The monoisotopic (exact) mass is 564 g/mol. The van der Waals surface area contributed by atoms with E-state index in [1.807, 2.05) is 36.4 Å². The number of fused-ring (bicyclic) bond motifs is 1. The largest absolute Gasteiger partial charge is 0.534 e. The van der Waals surface area contributed by atoms with Crippen molar-refractivity contribution in [3.8, 4) is 5.75 Å². The summed E-state index contributed by atoms with van der Waals surface area (Å²) in [4.78, 5) is 12.0. The minimum absolute atomic E-state index is 0.228. The van der Waals surface area contributed by atoms with Gasteiger partial charge in [0.2, 0.25) is 0 Å². The van der Waals surface area contributed by atoms with Gasteiger partial charge in [-0.25, -0.2) is 9.18 Å². The van der Waals surface area contributed by atoms with Gasteiger partial charge in [0.1, 0.15) is 11.6 Å². The third-order valence-electron chi connectivity index (χ3n) is 7.34. The van der Waals surface area contributed by atoms with Gasteiger partial charge in [0.25, 0.3) is 0 Å². The van der Waals surface area contributed by atoms with Crippen molar-refractivity contribution >= 4 is 47.6 Å². The minimum Gasteiger partial charge on any atom is -0.534 e. The number of methoxy groups -OCH3 is 1. The Hall–Kier alpha value is -4.49. The third-order valence-corrected chi connectivity index (χ3v) is 12.3. The van der Waals surface area contributed by atoms with E-state index in [0.29, 0.717) is 5.75 Å². The molecule has 4 aromatic carbocycles. The lowest BCUT2D eigenvalue weighted by Crippen LogP contribution is -2.68. The fourth-order valence-electron chi connectivity index (χ4n) is 5.35. The molecule has 208 valence electrons. The summed E-state index contributed by atoms with van der Waals surface area (Å²) >= 11 is 0. The standard InChI is InChI=1S/C34H33FN2O3Si/c1-34(2,3)41(28-12-8-6-9-13-28,29-14-10-7-11-15-29)40-32-21-24(20-25-22-26(35)17-19-30(25)32)16-18-27-23-31(33(38)39-5)36-37(27)4/h6-23H,1-5H3. The number of benzene rings is 4. The highest BCUT2D eigenvalue weighted by molar-refractivity contribution is 7.00. The van der Waals surface area contributed by atoms with Crippen LogP contribution in [0.2, 0.25) is 5.04 Å². The van der Waals surface area contributed by atoms with Crippen molar-refractivity contribution in [2.24, 2.45) is 7.05 Å². The van der Waals surface area contributed by atoms with Gasteiger partial charge in [-0.15, -0.1) is 0 Å². The van der Waals surface area contributed by atoms with Crippen LogP contribution in [0.15, 0.2) is 97.1 Å². The van der Waals surface area contributed by atoms with E-state index in [1.54, 1.807) is 23.9 Å². The summed E-state index contributed by atoms with van der Waals surface area (Å²) in [6.07, 6.45) is 3.78. The van der Waals surface area contributed by atoms with Crippen LogP contribution in [0.4, 0.5) is 4.39 Å². The maximum absolute atomic E-state index is 14.5. The van der Waals surface area contributed by atoms with E-state index in [-0.39, 0.29) is 16.5 Å². The number of esters is 1. The van der Waals surface area contributed by atoms with E-state index in [1.165, 1.54) is 19.2 Å². The van der Waals surface area contributed by atoms with Gasteiger partial charge in [-0.2, -0.15) is 5.10 Å². The molecule has 1 heterocycles. The maximum Gasteiger partial charge on any atom is 0.358 e. The summed E-state index contributed by atoms with van der Waals surface area (Å²) in [5.41, 5.74) is 1.78. The molecule has 0 spiro atoms. The summed E-state index contributed by atoms with van der Waals surface area (Å²) in [6.45, 7) is 6.68. The molecule has 0 N–H and O–H groups in total. The van der Waals surface area contributed by atoms with Gasteiger partial charge >= 0.3 is 14.3 Å². The fourth-order valence-corrected chi connectivity index (χ4v) is 9.78. The highest BCUT2D eigenvalue weighted by atomic mass is 28.4. The molecule has 7 heteroatoms. The Kier molecular flexibility index (Phi) is 7.65. The van der Waals surface area contributed by atoms with Gasteiger partial charge in [0.05, 0.1) is 12.8 Å². The molecule has 5 aromatic rings. The summed E-state index contributed by atoms with van der Waals surface area (Å²) in [6, 6.07) is 31.3. The number of hydrogen-bond donors (Lipinski definition) is 0. The summed E-state index contributed by atoms with van der Waals surface area (Å²) in [5, 5.41) is 7.87. The molecule has 5 rings (SSSR count). The molecule has 0 bridgehead atoms. The average Bonchev–Trinajstić information content (AvgIpc) is 3.34. The lowest BCUT2D eigenvalue weighted by Gasteiger charge is -2.43. The van der Waals surface area contributed by atoms with Crippen molar-refractivity contribution in [1.82, 2.24) is 9.78 Å². The van der Waals surface area contributed by atoms with Crippen LogP contribution in [-0.2, 0) is 11.8 Å². The zero-order chi connectivity index (χ0) is 29.2. The predicted molar refractivity (Wildman–Crippen MR) is 166 cm³/mol. The molecule has 41 heavy (non-hydrogen) atoms. The molecule has 1 aromatic heterocycles. The molecule has 5 nitrogen and oxygen atoms in total. The Balaban J connectivity index is 1.69. The van der Waals surface area contributed by atoms with Crippen LogP contribution in [-0.4, -0.2) is 31.2 Å². The van der Waals surface area contributed by atoms with E-state index in [2.05, 4.69) is 74.4 Å². The van der Waals surface area contributed by atoms with Crippen molar-refractivity contribution in [3.05, 3.63) is 120 Å². The predicted octanol–water partition coefficient (Wildman–Crippen LogP) is 6.61. The third kappa shape index (κ3) is 5.45. The molecule has 0 saturated heterocycles. The van der Waals surface area contributed by atoms with Gasteiger partial charge in [-0.05, 0) is 68.8 Å². The second-order valence-corrected chi connectivity index (χ2v) is 15.3. The van der Waals surface area contributed by atoms with Crippen LogP contribution in [0.3, 0.4) is 0 Å². The highest BCUT2D eigenvalue weighted by Gasteiger charge is 2.52. The Morgan fingerprint density at radius 1 is 0.878 bits per heavy atom. The van der Waals surface area contributed by atoms with E-state index in [4.69, 9.17) is 9.16 Å². The number of ether oxygens (including phenoxy) is 1. The Bertz CT molecular complexity index is 1680. The normalized spacial score (nSPS) is 12.1. The second kappa shape index (κ2) is 11.2. The number of carbonyl (C=O) groups is 1. The van der Waals surface area contributed by atoms with Gasteiger partial charge in [0.15, 0.2) is 5.69 Å². The smallest absolute Gasteiger partial charge is 0.358 e. The molecule has 0 aliphatic carbocycles. The van der Waals surface area contributed by atoms with Crippen LogP contribution in [0, 0.1) is 5.82 Å². The molecular formula is C34H33FN2O3Si. The maximum atomic E-state index is 14.5. The van der Waals surface area contributed by atoms with E-state index >= 15 is 0 Å². The number of aryl methyl sites for hydroxylation is 1. The molecule has 0 aliphatic rings. The minimum atomic E-state index is -2.94. The van der Waals surface area contributed by atoms with Crippen LogP contribution >= 0.6 is 0 Å². The number of rotatable bonds is 7. The van der Waals surface area contributed by atoms with Gasteiger partial charge in [-0.3, -0.25) is 4.68 Å². The zero-order valence-corrected chi connectivity index (χ0v) is 24.9. The molecule has 0 radical (unpaired) electrons. The number of nitrogens with zero attached hydrogens (tertiary/aromatic N) is 2.